The number of thioether (sulfide) groups is 1. The minimum atomic E-state index is -3.70. The average molecular weight is 570 g/mol. The van der Waals surface area contributed by atoms with E-state index < -0.39 is 10.0 Å². The van der Waals surface area contributed by atoms with Gasteiger partial charge in [-0.05, 0) is 78.1 Å². The number of hydrogen-bond acceptors (Lipinski definition) is 5. The lowest BCUT2D eigenvalue weighted by atomic mass is 9.77. The Labute approximate surface area is 218 Å². The van der Waals surface area contributed by atoms with Gasteiger partial charge in [-0.3, -0.25) is 4.72 Å². The third-order valence-corrected chi connectivity index (χ3v) is 9.99. The van der Waals surface area contributed by atoms with Gasteiger partial charge in [0.1, 0.15) is 11.9 Å². The van der Waals surface area contributed by atoms with E-state index in [0.29, 0.717) is 17.7 Å². The first-order chi connectivity index (χ1) is 17.0. The standard InChI is InChI=1S/C27H25BrN2O3S2/c28-18-7-9-19(10-8-18)30-35(31,32)22-11-12-26-25(14-22)23-5-2-6-24(23)27(29-26)17-3-1-4-20(13-17)33-21-15-34-16-21/h1-5,7-14,21,23-24,27,29-30H,6,15-16H2/t23-,24+,27+/m0/s1. The summed E-state index contributed by atoms with van der Waals surface area (Å²) in [5, 5.41) is 3.71. The normalized spacial score (nSPS) is 23.1. The van der Waals surface area contributed by atoms with Crippen LogP contribution in [0, 0.1) is 5.92 Å². The van der Waals surface area contributed by atoms with E-state index in [-0.39, 0.29) is 16.9 Å². The fourth-order valence-corrected chi connectivity index (χ4v) is 6.98. The summed E-state index contributed by atoms with van der Waals surface area (Å²) < 4.78 is 36.0. The van der Waals surface area contributed by atoms with Gasteiger partial charge in [0, 0.05) is 33.3 Å². The second-order valence-corrected chi connectivity index (χ2v) is 12.9. The summed E-state index contributed by atoms with van der Waals surface area (Å²) in [5.74, 6) is 3.50. The molecule has 0 unspecified atom stereocenters. The van der Waals surface area contributed by atoms with Crippen molar-refractivity contribution in [1.82, 2.24) is 0 Å². The second kappa shape index (κ2) is 9.22. The zero-order valence-corrected chi connectivity index (χ0v) is 22.1. The van der Waals surface area contributed by atoms with Crippen molar-refractivity contribution in [2.24, 2.45) is 5.92 Å². The summed E-state index contributed by atoms with van der Waals surface area (Å²) in [7, 11) is -3.70. The highest BCUT2D eigenvalue weighted by molar-refractivity contribution is 9.10. The van der Waals surface area contributed by atoms with Crippen molar-refractivity contribution < 1.29 is 13.2 Å². The molecule has 3 aromatic carbocycles. The Morgan fingerprint density at radius 1 is 1.03 bits per heavy atom. The number of anilines is 2. The molecule has 2 N–H and O–H groups in total. The molecule has 0 radical (unpaired) electrons. The molecule has 8 heteroatoms. The lowest BCUT2D eigenvalue weighted by molar-refractivity contribution is 0.240. The van der Waals surface area contributed by atoms with Crippen LogP contribution in [-0.4, -0.2) is 26.0 Å². The van der Waals surface area contributed by atoms with Crippen molar-refractivity contribution in [1.29, 1.82) is 0 Å². The van der Waals surface area contributed by atoms with Gasteiger partial charge in [0.2, 0.25) is 0 Å². The first-order valence-corrected chi connectivity index (χ1v) is 15.1. The van der Waals surface area contributed by atoms with Crippen molar-refractivity contribution in [3.05, 3.63) is 94.5 Å². The topological polar surface area (TPSA) is 67.4 Å². The molecule has 0 spiro atoms. The molecule has 3 aliphatic rings. The van der Waals surface area contributed by atoms with Gasteiger partial charge in [0.05, 0.1) is 10.9 Å². The van der Waals surface area contributed by atoms with Gasteiger partial charge in [0.15, 0.2) is 0 Å². The summed E-state index contributed by atoms with van der Waals surface area (Å²) in [6.07, 6.45) is 5.69. The van der Waals surface area contributed by atoms with Crippen molar-refractivity contribution in [2.75, 3.05) is 21.5 Å². The fraction of sp³-hybridized carbons (Fsp3) is 0.259. The van der Waals surface area contributed by atoms with Gasteiger partial charge in [-0.15, -0.1) is 0 Å². The third kappa shape index (κ3) is 4.59. The van der Waals surface area contributed by atoms with Crippen LogP contribution in [0.2, 0.25) is 0 Å². The van der Waals surface area contributed by atoms with Crippen molar-refractivity contribution in [2.45, 2.75) is 29.4 Å². The molecule has 3 atom stereocenters. The number of allylic oxidation sites excluding steroid dienone is 2. The van der Waals surface area contributed by atoms with E-state index in [1.165, 1.54) is 5.56 Å². The Kier molecular flexibility index (Phi) is 6.06. The Bertz CT molecular complexity index is 1390. The van der Waals surface area contributed by atoms with E-state index in [1.807, 2.05) is 42.1 Å². The Hall–Kier alpha value is -2.42. The quantitative estimate of drug-likeness (QED) is 0.329. The Morgan fingerprint density at radius 3 is 2.63 bits per heavy atom. The van der Waals surface area contributed by atoms with Gasteiger partial charge in [-0.2, -0.15) is 11.8 Å². The molecule has 6 rings (SSSR count). The molecule has 1 fully saturated rings. The van der Waals surface area contributed by atoms with Gasteiger partial charge in [-0.1, -0.05) is 40.2 Å². The number of sulfonamides is 1. The molecular weight excluding hydrogens is 544 g/mol. The van der Waals surface area contributed by atoms with E-state index in [4.69, 9.17) is 4.74 Å². The molecule has 180 valence electrons. The van der Waals surface area contributed by atoms with Crippen molar-refractivity contribution in [3.63, 3.8) is 0 Å². The summed E-state index contributed by atoms with van der Waals surface area (Å²) in [4.78, 5) is 0.271. The first-order valence-electron chi connectivity index (χ1n) is 11.7. The molecule has 35 heavy (non-hydrogen) atoms. The predicted octanol–water partition coefficient (Wildman–Crippen LogP) is 6.57. The van der Waals surface area contributed by atoms with E-state index >= 15 is 0 Å². The Morgan fingerprint density at radius 2 is 1.86 bits per heavy atom. The maximum absolute atomic E-state index is 13.1. The van der Waals surface area contributed by atoms with Gasteiger partial charge in [-0.25, -0.2) is 8.42 Å². The summed E-state index contributed by atoms with van der Waals surface area (Å²) in [6.45, 7) is 0. The number of hydrogen-bond donors (Lipinski definition) is 2. The highest BCUT2D eigenvalue weighted by atomic mass is 79.9. The fourth-order valence-electron chi connectivity index (χ4n) is 5.06. The molecule has 0 aromatic heterocycles. The zero-order valence-electron chi connectivity index (χ0n) is 18.9. The number of ether oxygens (including phenoxy) is 1. The van der Waals surface area contributed by atoms with Crippen LogP contribution in [0.15, 0.2) is 88.3 Å². The van der Waals surface area contributed by atoms with Gasteiger partial charge >= 0.3 is 0 Å². The maximum atomic E-state index is 13.1. The summed E-state index contributed by atoms with van der Waals surface area (Å²) in [6, 6.07) is 21.0. The molecule has 1 saturated heterocycles. The molecule has 2 heterocycles. The highest BCUT2D eigenvalue weighted by Gasteiger charge is 2.38. The van der Waals surface area contributed by atoms with Gasteiger partial charge in [0.25, 0.3) is 10.0 Å². The molecule has 3 aromatic rings. The van der Waals surface area contributed by atoms with Crippen molar-refractivity contribution in [3.8, 4) is 5.75 Å². The van der Waals surface area contributed by atoms with Crippen LogP contribution in [0.5, 0.6) is 5.75 Å². The Balaban J connectivity index is 1.28. The van der Waals surface area contributed by atoms with Crippen LogP contribution >= 0.6 is 27.7 Å². The van der Waals surface area contributed by atoms with E-state index in [9.17, 15) is 8.42 Å². The largest absolute Gasteiger partial charge is 0.489 e. The lowest BCUT2D eigenvalue weighted by Gasteiger charge is -2.38. The van der Waals surface area contributed by atoms with Crippen LogP contribution in [0.1, 0.15) is 29.5 Å². The monoisotopic (exact) mass is 568 g/mol. The predicted molar refractivity (Wildman–Crippen MR) is 146 cm³/mol. The van der Waals surface area contributed by atoms with Gasteiger partial charge < -0.3 is 10.1 Å². The van der Waals surface area contributed by atoms with Crippen LogP contribution < -0.4 is 14.8 Å². The molecule has 1 aliphatic carbocycles. The number of nitrogens with one attached hydrogen (secondary N) is 2. The number of rotatable bonds is 6. The van der Waals surface area contributed by atoms with Crippen LogP contribution in [0.25, 0.3) is 0 Å². The lowest BCUT2D eigenvalue weighted by Crippen LogP contribution is -2.31. The highest BCUT2D eigenvalue weighted by Crippen LogP contribution is 2.50. The minimum absolute atomic E-state index is 0.130. The SMILES string of the molecule is O=S(=O)(Nc1ccc(Br)cc1)c1ccc2c(c1)[C@H]1C=CC[C@H]1[C@@H](c1cccc(OC3CSC3)c1)N2. The molecule has 5 nitrogen and oxygen atoms in total. The summed E-state index contributed by atoms with van der Waals surface area (Å²) in [5.41, 5.74) is 3.74. The van der Waals surface area contributed by atoms with E-state index in [0.717, 1.165) is 39.4 Å². The number of halogens is 1. The second-order valence-electron chi connectivity index (χ2n) is 9.19. The molecule has 0 bridgehead atoms. The van der Waals surface area contributed by atoms with Crippen LogP contribution in [0.4, 0.5) is 11.4 Å². The average Bonchev–Trinajstić information content (AvgIpc) is 3.32. The third-order valence-electron chi connectivity index (χ3n) is 6.87. The maximum Gasteiger partial charge on any atom is 0.261 e. The number of benzene rings is 3. The van der Waals surface area contributed by atoms with Crippen LogP contribution in [-0.2, 0) is 10.0 Å². The van der Waals surface area contributed by atoms with E-state index in [1.54, 1.807) is 18.2 Å². The van der Waals surface area contributed by atoms with E-state index in [2.05, 4.69) is 56.3 Å². The zero-order chi connectivity index (χ0) is 24.0. The molecule has 2 aliphatic heterocycles. The van der Waals surface area contributed by atoms with Crippen molar-refractivity contribution >= 4 is 49.1 Å². The first kappa shape index (κ1) is 23.0. The molecule has 0 saturated carbocycles. The smallest absolute Gasteiger partial charge is 0.261 e. The van der Waals surface area contributed by atoms with Crippen LogP contribution in [0.3, 0.4) is 0 Å². The minimum Gasteiger partial charge on any atom is -0.489 e. The molecule has 0 amide bonds. The molecular formula is C27H25BrN2O3S2. The summed E-state index contributed by atoms with van der Waals surface area (Å²) >= 11 is 5.29. The number of fused-ring (bicyclic) bond motifs is 3.